The normalized spacial score (nSPS) is 24.0. The van der Waals surface area contributed by atoms with E-state index in [0.29, 0.717) is 5.75 Å². The van der Waals surface area contributed by atoms with Gasteiger partial charge in [0.15, 0.2) is 11.9 Å². The molecule has 2 unspecified atom stereocenters. The quantitative estimate of drug-likeness (QED) is 0.100. The molecule has 1 saturated heterocycles. The summed E-state index contributed by atoms with van der Waals surface area (Å²) >= 11 is 7.26. The lowest BCUT2D eigenvalue weighted by molar-refractivity contribution is -0.149. The fraction of sp³-hybridized carbons (Fsp3) is 0.348. The lowest BCUT2D eigenvalue weighted by atomic mass is 9.97. The predicted molar refractivity (Wildman–Crippen MR) is 149 cm³/mol. The van der Waals surface area contributed by atoms with Crippen molar-refractivity contribution in [2.45, 2.75) is 50.8 Å². The molecular weight excluding hydrogens is 652 g/mol. The summed E-state index contributed by atoms with van der Waals surface area (Å²) in [5, 5.41) is 24.9. The number of nitrogens with one attached hydrogen (secondary N) is 2. The molecule has 0 bridgehead atoms. The number of H-pyrrole nitrogens is 1. The van der Waals surface area contributed by atoms with Crippen molar-refractivity contribution in [2.24, 2.45) is 0 Å². The molecule has 12 nitrogen and oxygen atoms in total. The van der Waals surface area contributed by atoms with Gasteiger partial charge in [-0.3, -0.25) is 19.1 Å². The number of benzene rings is 1. The summed E-state index contributed by atoms with van der Waals surface area (Å²) in [5.74, 6) is 1.85. The second kappa shape index (κ2) is 12.5. The highest BCUT2D eigenvalue weighted by Gasteiger charge is 2.55. The van der Waals surface area contributed by atoms with Crippen molar-refractivity contribution in [1.29, 1.82) is 0 Å². The second-order valence-electron chi connectivity index (χ2n) is 8.30. The maximum Gasteiger partial charge on any atom is 0.365 e. The van der Waals surface area contributed by atoms with Gasteiger partial charge >= 0.3 is 18.3 Å². The van der Waals surface area contributed by atoms with Crippen molar-refractivity contribution >= 4 is 47.0 Å². The Balaban J connectivity index is 1.95. The maximum atomic E-state index is 12.4. The van der Waals surface area contributed by atoms with E-state index in [-0.39, 0.29) is 11.9 Å². The van der Waals surface area contributed by atoms with Gasteiger partial charge in [-0.15, -0.1) is 0 Å². The van der Waals surface area contributed by atoms with Crippen molar-refractivity contribution in [3.63, 3.8) is 0 Å². The molecule has 5 atom stereocenters. The van der Waals surface area contributed by atoms with Crippen molar-refractivity contribution < 1.29 is 33.5 Å². The Bertz CT molecular complexity index is 1420. The SMILES string of the molecule is CC(C)OC(=O)C(C)NP(=S)(O/C=C1/O[C@@H](n2ccc(=O)[nH]c2=O)[C@@](O)(C#CI)[C@@H]1O)Oc1ccccc1. The molecule has 3 rings (SSSR count). The van der Waals surface area contributed by atoms with Crippen LogP contribution in [0.5, 0.6) is 5.75 Å². The first kappa shape index (κ1) is 29.9. The van der Waals surface area contributed by atoms with Crippen LogP contribution >= 0.6 is 29.2 Å². The number of aliphatic hydroxyl groups is 2. The van der Waals surface area contributed by atoms with Crippen molar-refractivity contribution in [2.75, 3.05) is 0 Å². The van der Waals surface area contributed by atoms with Gasteiger partial charge in [0, 0.05) is 46.7 Å². The van der Waals surface area contributed by atoms with Gasteiger partial charge in [0.1, 0.15) is 18.1 Å². The van der Waals surface area contributed by atoms with Gasteiger partial charge in [0.05, 0.1) is 6.10 Å². The van der Waals surface area contributed by atoms with Crippen LogP contribution in [0, 0.1) is 9.85 Å². The van der Waals surface area contributed by atoms with E-state index in [4.69, 9.17) is 30.3 Å². The van der Waals surface area contributed by atoms with Crippen LogP contribution in [-0.4, -0.2) is 49.6 Å². The molecule has 1 aromatic carbocycles. The first-order valence-corrected chi connectivity index (χ1v) is 14.8. The third kappa shape index (κ3) is 7.04. The molecule has 1 aliphatic heterocycles. The monoisotopic (exact) mass is 677 g/mol. The van der Waals surface area contributed by atoms with Gasteiger partial charge in [-0.1, -0.05) is 18.2 Å². The largest absolute Gasteiger partial charge is 0.464 e. The number of para-hydroxylation sites is 1. The van der Waals surface area contributed by atoms with E-state index in [0.717, 1.165) is 23.1 Å². The molecule has 204 valence electrons. The van der Waals surface area contributed by atoms with Crippen LogP contribution in [0.25, 0.3) is 0 Å². The average molecular weight is 677 g/mol. The van der Waals surface area contributed by atoms with Crippen molar-refractivity contribution in [1.82, 2.24) is 14.6 Å². The van der Waals surface area contributed by atoms with Crippen LogP contribution in [0.1, 0.15) is 27.0 Å². The number of esters is 1. The van der Waals surface area contributed by atoms with E-state index >= 15 is 0 Å². The standard InChI is InChI=1S/C23H25IN3O9PS/c1-14(2)34-20(30)15(3)26-37(38,36-16-7-5-4-6-8-16)33-13-17-19(29)23(32,10-11-24)21(35-17)27-12-9-18(28)25-22(27)31/h4-9,12-15,19,21,29,32H,1-3H3,(H,26,38)(H,25,28,31)/b17-13+/t15?,19-,21-,23-,37?/m1/s1. The van der Waals surface area contributed by atoms with Gasteiger partial charge in [-0.05, 0) is 42.8 Å². The topological polar surface area (TPSA) is 161 Å². The molecule has 1 aromatic heterocycles. The highest BCUT2D eigenvalue weighted by molar-refractivity contribution is 14.1. The summed E-state index contributed by atoms with van der Waals surface area (Å²) in [6, 6.07) is 8.56. The number of aromatic amines is 1. The fourth-order valence-corrected chi connectivity index (χ4v) is 5.93. The average Bonchev–Trinajstić information content (AvgIpc) is 3.08. The number of ether oxygens (including phenoxy) is 2. The number of rotatable bonds is 9. The van der Waals surface area contributed by atoms with E-state index in [1.54, 1.807) is 66.8 Å². The number of aromatic nitrogens is 2. The Morgan fingerprint density at radius 1 is 1.32 bits per heavy atom. The minimum absolute atomic E-state index is 0.333. The second-order valence-corrected chi connectivity index (χ2v) is 11.9. The summed E-state index contributed by atoms with van der Waals surface area (Å²) in [7, 11) is 0. The van der Waals surface area contributed by atoms with Crippen LogP contribution in [0.2, 0.25) is 0 Å². The summed E-state index contributed by atoms with van der Waals surface area (Å²) < 4.78 is 25.8. The Hall–Kier alpha value is -2.67. The molecule has 0 radical (unpaired) electrons. The number of carbonyl (C=O) groups is 1. The predicted octanol–water partition coefficient (Wildman–Crippen LogP) is 1.64. The number of nitrogens with zero attached hydrogens (tertiary/aromatic N) is 1. The number of hydrogen-bond acceptors (Lipinski definition) is 10. The molecule has 1 fully saturated rings. The van der Waals surface area contributed by atoms with Gasteiger partial charge in [0.2, 0.25) is 11.8 Å². The van der Waals surface area contributed by atoms with E-state index in [1.807, 2.05) is 4.98 Å². The summed E-state index contributed by atoms with van der Waals surface area (Å²) in [6.45, 7) is 1.36. The number of aliphatic hydroxyl groups excluding tert-OH is 1. The lowest BCUT2D eigenvalue weighted by Gasteiger charge is -2.26. The van der Waals surface area contributed by atoms with Gasteiger partial charge < -0.3 is 28.7 Å². The van der Waals surface area contributed by atoms with E-state index in [9.17, 15) is 24.6 Å². The summed E-state index contributed by atoms with van der Waals surface area (Å²) in [6.07, 6.45) is -1.70. The van der Waals surface area contributed by atoms with Gasteiger partial charge in [0.25, 0.3) is 5.56 Å². The van der Waals surface area contributed by atoms with Crippen LogP contribution in [-0.2, 0) is 30.6 Å². The zero-order valence-corrected chi connectivity index (χ0v) is 24.2. The van der Waals surface area contributed by atoms with E-state index in [1.165, 1.54) is 6.92 Å². The van der Waals surface area contributed by atoms with Gasteiger partial charge in [-0.2, -0.15) is 0 Å². The highest BCUT2D eigenvalue weighted by Crippen LogP contribution is 2.47. The maximum absolute atomic E-state index is 12.4. The van der Waals surface area contributed by atoms with Gasteiger partial charge in [-0.25, -0.2) is 9.88 Å². The molecular formula is C23H25IN3O9PS. The van der Waals surface area contributed by atoms with E-state index < -0.39 is 47.8 Å². The number of hydrogen-bond donors (Lipinski definition) is 4. The Morgan fingerprint density at radius 2 is 2.00 bits per heavy atom. The molecule has 2 aromatic rings. The van der Waals surface area contributed by atoms with Crippen LogP contribution in [0.15, 0.2) is 64.2 Å². The molecule has 0 amide bonds. The van der Waals surface area contributed by atoms with Crippen LogP contribution < -0.4 is 20.9 Å². The molecule has 0 saturated carbocycles. The molecule has 15 heteroatoms. The van der Waals surface area contributed by atoms with Crippen LogP contribution in [0.3, 0.4) is 0 Å². The zero-order valence-electron chi connectivity index (χ0n) is 20.4. The molecule has 0 spiro atoms. The third-order valence-corrected chi connectivity index (χ3v) is 7.60. The number of carbonyl (C=O) groups excluding carboxylic acids is 1. The number of halogens is 1. The smallest absolute Gasteiger partial charge is 0.365 e. The van der Waals surface area contributed by atoms with Crippen molar-refractivity contribution in [3.05, 3.63) is 75.5 Å². The lowest BCUT2D eigenvalue weighted by Crippen LogP contribution is -2.46. The molecule has 0 aliphatic carbocycles. The van der Waals surface area contributed by atoms with Crippen molar-refractivity contribution in [3.8, 4) is 15.6 Å². The summed E-state index contributed by atoms with van der Waals surface area (Å²) in [5.41, 5.74) is -3.87. The Labute approximate surface area is 236 Å². The van der Waals surface area contributed by atoms with Crippen LogP contribution in [0.4, 0.5) is 0 Å². The zero-order chi connectivity index (χ0) is 28.1. The van der Waals surface area contributed by atoms with E-state index in [2.05, 4.69) is 14.9 Å². The molecule has 1 aliphatic rings. The minimum Gasteiger partial charge on any atom is -0.464 e. The third-order valence-electron chi connectivity index (χ3n) is 5.00. The minimum atomic E-state index is -3.56. The first-order chi connectivity index (χ1) is 17.9. The Kier molecular flexibility index (Phi) is 9.80. The Morgan fingerprint density at radius 3 is 2.61 bits per heavy atom. The highest BCUT2D eigenvalue weighted by atomic mass is 127. The molecule has 2 heterocycles. The molecule has 38 heavy (non-hydrogen) atoms. The first-order valence-electron chi connectivity index (χ1n) is 11.1. The summed E-state index contributed by atoms with van der Waals surface area (Å²) in [4.78, 5) is 38.3. The fourth-order valence-electron chi connectivity index (χ4n) is 3.26. The molecule has 4 N–H and O–H groups in total.